The highest BCUT2D eigenvalue weighted by Gasteiger charge is 2.24. The third-order valence-electron chi connectivity index (χ3n) is 10.8. The van der Waals surface area contributed by atoms with E-state index in [1.807, 2.05) is 36.4 Å². The first-order chi connectivity index (χ1) is 27.8. The molecule has 0 aliphatic carbocycles. The van der Waals surface area contributed by atoms with Gasteiger partial charge in [-0.1, -0.05) is 176 Å². The topological polar surface area (TPSA) is 48.5 Å². The van der Waals surface area contributed by atoms with Gasteiger partial charge in [-0.3, -0.25) is 4.57 Å². The Labute approximate surface area is 323 Å². The van der Waals surface area contributed by atoms with Crippen molar-refractivity contribution in [3.05, 3.63) is 200 Å². The standard InChI is InChI=1S/C51H33N5/c1-4-16-34(17-5-1)35-28-30-36(31-29-35)39-22-10-13-25-43(39)55-45-27-15-12-24-42(45)47-46(55)33-32-41-40-23-11-14-26-44(40)56(48(41)47)51-53-49(37-18-6-2-7-19-37)52-50(54-51)38-20-8-3-9-21-38/h1-33H. The van der Waals surface area contributed by atoms with Crippen molar-refractivity contribution >= 4 is 43.6 Å². The van der Waals surface area contributed by atoms with Gasteiger partial charge in [0.1, 0.15) is 0 Å². The van der Waals surface area contributed by atoms with Gasteiger partial charge >= 0.3 is 0 Å². The molecule has 5 nitrogen and oxygen atoms in total. The molecule has 0 spiro atoms. The molecule has 0 aliphatic heterocycles. The van der Waals surface area contributed by atoms with E-state index >= 15 is 0 Å². The largest absolute Gasteiger partial charge is 0.309 e. The van der Waals surface area contributed by atoms with Gasteiger partial charge in [0.2, 0.25) is 5.95 Å². The second-order valence-electron chi connectivity index (χ2n) is 14.0. The molecule has 0 radical (unpaired) electrons. The van der Waals surface area contributed by atoms with Crippen molar-refractivity contribution < 1.29 is 0 Å². The number of rotatable bonds is 6. The van der Waals surface area contributed by atoms with Crippen LogP contribution in [0.5, 0.6) is 0 Å². The molecule has 3 aromatic heterocycles. The normalized spacial score (nSPS) is 11.6. The van der Waals surface area contributed by atoms with E-state index in [-0.39, 0.29) is 0 Å². The Kier molecular flexibility index (Phi) is 7.42. The van der Waals surface area contributed by atoms with Gasteiger partial charge in [0.05, 0.1) is 27.8 Å². The maximum Gasteiger partial charge on any atom is 0.238 e. The van der Waals surface area contributed by atoms with Crippen molar-refractivity contribution in [2.75, 3.05) is 0 Å². The molecule has 3 heterocycles. The predicted molar refractivity (Wildman–Crippen MR) is 230 cm³/mol. The molecular weight excluding hydrogens is 683 g/mol. The second kappa shape index (κ2) is 13.0. The Morgan fingerprint density at radius 1 is 0.304 bits per heavy atom. The third-order valence-corrected chi connectivity index (χ3v) is 10.8. The fourth-order valence-corrected chi connectivity index (χ4v) is 8.26. The molecule has 0 amide bonds. The summed E-state index contributed by atoms with van der Waals surface area (Å²) in [5.41, 5.74) is 12.0. The maximum atomic E-state index is 5.24. The van der Waals surface area contributed by atoms with Crippen LogP contribution in [-0.2, 0) is 0 Å². The molecule has 11 rings (SSSR count). The SMILES string of the molecule is c1ccc(-c2ccc(-c3ccccc3-n3c4ccccc4c4c3ccc3c5ccccc5n(-c5nc(-c6ccccc6)nc(-c6ccccc6)n5)c34)cc2)cc1. The summed E-state index contributed by atoms with van der Waals surface area (Å²) in [6, 6.07) is 70.4. The Morgan fingerprint density at radius 3 is 1.46 bits per heavy atom. The van der Waals surface area contributed by atoms with E-state index in [9.17, 15) is 0 Å². The van der Waals surface area contributed by atoms with Gasteiger partial charge in [0, 0.05) is 38.2 Å². The minimum absolute atomic E-state index is 0.576. The van der Waals surface area contributed by atoms with Crippen LogP contribution >= 0.6 is 0 Å². The van der Waals surface area contributed by atoms with Crippen LogP contribution in [0.25, 0.3) is 100 Å². The van der Waals surface area contributed by atoms with Gasteiger partial charge in [0.15, 0.2) is 11.6 Å². The molecule has 0 N–H and O–H groups in total. The second-order valence-corrected chi connectivity index (χ2v) is 14.0. The highest BCUT2D eigenvalue weighted by atomic mass is 15.2. The van der Waals surface area contributed by atoms with Crippen LogP contribution in [0.2, 0.25) is 0 Å². The van der Waals surface area contributed by atoms with Gasteiger partial charge < -0.3 is 4.57 Å². The lowest BCUT2D eigenvalue weighted by Gasteiger charge is -2.15. The van der Waals surface area contributed by atoms with Crippen LogP contribution in [0.1, 0.15) is 0 Å². The number of para-hydroxylation sites is 3. The summed E-state index contributed by atoms with van der Waals surface area (Å²) < 4.78 is 4.67. The van der Waals surface area contributed by atoms with Crippen molar-refractivity contribution in [1.29, 1.82) is 0 Å². The fraction of sp³-hybridized carbons (Fsp3) is 0. The Bertz CT molecular complexity index is 3160. The third kappa shape index (κ3) is 5.13. The minimum Gasteiger partial charge on any atom is -0.309 e. The fourth-order valence-electron chi connectivity index (χ4n) is 8.26. The Hall–Kier alpha value is -7.63. The van der Waals surface area contributed by atoms with Crippen molar-refractivity contribution in [1.82, 2.24) is 24.1 Å². The number of benzene rings is 8. The van der Waals surface area contributed by atoms with E-state index in [4.69, 9.17) is 15.0 Å². The lowest BCUT2D eigenvalue weighted by molar-refractivity contribution is 0.955. The summed E-state index contributed by atoms with van der Waals surface area (Å²) in [6.45, 7) is 0. The van der Waals surface area contributed by atoms with E-state index < -0.39 is 0 Å². The van der Waals surface area contributed by atoms with Crippen LogP contribution in [0.3, 0.4) is 0 Å². The molecular formula is C51H33N5. The molecule has 0 unspecified atom stereocenters. The quantitative estimate of drug-likeness (QED) is 0.172. The molecule has 8 aromatic carbocycles. The maximum absolute atomic E-state index is 5.24. The smallest absolute Gasteiger partial charge is 0.238 e. The van der Waals surface area contributed by atoms with Crippen molar-refractivity contribution in [3.63, 3.8) is 0 Å². The molecule has 0 fully saturated rings. The average Bonchev–Trinajstić information content (AvgIpc) is 3.80. The van der Waals surface area contributed by atoms with E-state index in [0.717, 1.165) is 71.6 Å². The summed E-state index contributed by atoms with van der Waals surface area (Å²) in [5, 5.41) is 4.59. The van der Waals surface area contributed by atoms with Crippen LogP contribution in [-0.4, -0.2) is 24.1 Å². The lowest BCUT2D eigenvalue weighted by atomic mass is 9.99. The zero-order valence-electron chi connectivity index (χ0n) is 30.3. The van der Waals surface area contributed by atoms with Gasteiger partial charge in [-0.25, -0.2) is 4.98 Å². The first-order valence-corrected chi connectivity index (χ1v) is 18.9. The molecule has 56 heavy (non-hydrogen) atoms. The van der Waals surface area contributed by atoms with Gasteiger partial charge in [-0.15, -0.1) is 0 Å². The molecule has 0 atom stereocenters. The summed E-state index contributed by atoms with van der Waals surface area (Å²) in [5.74, 6) is 1.83. The lowest BCUT2D eigenvalue weighted by Crippen LogP contribution is -2.06. The predicted octanol–water partition coefficient (Wildman–Crippen LogP) is 12.7. The highest BCUT2D eigenvalue weighted by Crippen LogP contribution is 2.43. The van der Waals surface area contributed by atoms with Crippen molar-refractivity contribution in [3.8, 4) is 56.7 Å². The number of fused-ring (bicyclic) bond motifs is 7. The summed E-state index contributed by atoms with van der Waals surface area (Å²) in [6.07, 6.45) is 0. The molecule has 0 saturated carbocycles. The molecule has 11 aromatic rings. The first kappa shape index (κ1) is 31.9. The van der Waals surface area contributed by atoms with Gasteiger partial charge in [-0.05, 0) is 41.0 Å². The van der Waals surface area contributed by atoms with Crippen LogP contribution in [0.4, 0.5) is 0 Å². The van der Waals surface area contributed by atoms with Crippen molar-refractivity contribution in [2.24, 2.45) is 0 Å². The van der Waals surface area contributed by atoms with E-state index in [0.29, 0.717) is 17.6 Å². The number of hydrogen-bond donors (Lipinski definition) is 0. The number of aromatic nitrogens is 5. The summed E-state index contributed by atoms with van der Waals surface area (Å²) in [4.78, 5) is 15.5. The van der Waals surface area contributed by atoms with Gasteiger partial charge in [0.25, 0.3) is 0 Å². The molecule has 262 valence electrons. The molecule has 0 saturated heterocycles. The monoisotopic (exact) mass is 715 g/mol. The zero-order valence-corrected chi connectivity index (χ0v) is 30.3. The molecule has 0 aliphatic rings. The average molecular weight is 716 g/mol. The van der Waals surface area contributed by atoms with E-state index in [1.165, 1.54) is 11.1 Å². The summed E-state index contributed by atoms with van der Waals surface area (Å²) in [7, 11) is 0. The Balaban J connectivity index is 1.20. The number of nitrogens with zero attached hydrogens (tertiary/aromatic N) is 5. The Morgan fingerprint density at radius 2 is 0.804 bits per heavy atom. The first-order valence-electron chi connectivity index (χ1n) is 18.9. The van der Waals surface area contributed by atoms with Gasteiger partial charge in [-0.2, -0.15) is 9.97 Å². The molecule has 5 heteroatoms. The summed E-state index contributed by atoms with van der Waals surface area (Å²) >= 11 is 0. The van der Waals surface area contributed by atoms with E-state index in [2.05, 4.69) is 173 Å². The highest BCUT2D eigenvalue weighted by molar-refractivity contribution is 6.26. The minimum atomic E-state index is 0.576. The van der Waals surface area contributed by atoms with E-state index in [1.54, 1.807) is 0 Å². The van der Waals surface area contributed by atoms with Crippen LogP contribution in [0.15, 0.2) is 200 Å². The van der Waals surface area contributed by atoms with Crippen LogP contribution < -0.4 is 0 Å². The zero-order chi connectivity index (χ0) is 37.0. The molecule has 0 bridgehead atoms. The van der Waals surface area contributed by atoms with Crippen molar-refractivity contribution in [2.45, 2.75) is 0 Å². The number of hydrogen-bond acceptors (Lipinski definition) is 3. The van der Waals surface area contributed by atoms with Crippen LogP contribution in [0, 0.1) is 0 Å².